The van der Waals surface area contributed by atoms with E-state index in [1.165, 1.54) is 12.1 Å². The molecule has 0 fully saturated rings. The van der Waals surface area contributed by atoms with Crippen LogP contribution in [0, 0.1) is 6.92 Å². The number of carbonyl (C=O) groups excluding carboxylic acids is 1. The van der Waals surface area contributed by atoms with E-state index in [4.69, 9.17) is 11.6 Å². The summed E-state index contributed by atoms with van der Waals surface area (Å²) in [6.45, 7) is 1.37. The van der Waals surface area contributed by atoms with E-state index in [0.29, 0.717) is 26.4 Å². The average Bonchev–Trinajstić information content (AvgIpc) is 2.70. The molecule has 0 bridgehead atoms. The van der Waals surface area contributed by atoms with E-state index in [0.717, 1.165) is 4.31 Å². The summed E-state index contributed by atoms with van der Waals surface area (Å²) in [5.41, 5.74) is 1.59. The van der Waals surface area contributed by atoms with Crippen LogP contribution in [-0.4, -0.2) is 20.9 Å². The maximum Gasteiger partial charge on any atom is 0.264 e. The minimum atomic E-state index is -3.99. The summed E-state index contributed by atoms with van der Waals surface area (Å²) in [5.74, 6) is -0.476. The van der Waals surface area contributed by atoms with Crippen molar-refractivity contribution in [3.05, 3.63) is 87.9 Å². The van der Waals surface area contributed by atoms with E-state index in [1.54, 1.807) is 61.5 Å². The smallest absolute Gasteiger partial charge is 0.264 e. The molecule has 0 aliphatic rings. The minimum absolute atomic E-state index is 0.0908. The molecule has 3 rings (SSSR count). The molecule has 29 heavy (non-hydrogen) atoms. The summed E-state index contributed by atoms with van der Waals surface area (Å²) in [4.78, 5) is 12.8. The number of halogens is 2. The number of aryl methyl sites for hydroxylation is 1. The molecule has 1 amide bonds. The lowest BCUT2D eigenvalue weighted by Crippen LogP contribution is -2.38. The molecule has 0 spiro atoms. The van der Waals surface area contributed by atoms with Gasteiger partial charge >= 0.3 is 0 Å². The van der Waals surface area contributed by atoms with E-state index in [9.17, 15) is 13.2 Å². The standard InChI is InChI=1S/C21H18BrClN2O3S/c1-15-11-12-16(23)13-20(15)25(29(27,28)17-7-3-2-4-8-17)14-21(26)24-19-10-6-5-9-18(19)22/h2-13H,14H2,1H3,(H,24,26). The number of anilines is 2. The van der Waals surface area contributed by atoms with Crippen molar-refractivity contribution in [2.24, 2.45) is 0 Å². The highest BCUT2D eigenvalue weighted by atomic mass is 79.9. The van der Waals surface area contributed by atoms with Gasteiger partial charge in [0.15, 0.2) is 0 Å². The van der Waals surface area contributed by atoms with Crippen molar-refractivity contribution in [2.75, 3.05) is 16.2 Å². The van der Waals surface area contributed by atoms with Crippen LogP contribution in [-0.2, 0) is 14.8 Å². The van der Waals surface area contributed by atoms with Crippen LogP contribution < -0.4 is 9.62 Å². The number of amides is 1. The summed E-state index contributed by atoms with van der Waals surface area (Å²) in [6, 6.07) is 20.0. The fourth-order valence-electron chi connectivity index (χ4n) is 2.75. The van der Waals surface area contributed by atoms with Crippen LogP contribution in [0.4, 0.5) is 11.4 Å². The van der Waals surface area contributed by atoms with Crippen LogP contribution in [0.15, 0.2) is 82.2 Å². The molecular weight excluding hydrogens is 476 g/mol. The summed E-state index contributed by atoms with van der Waals surface area (Å²) in [5, 5.41) is 3.12. The highest BCUT2D eigenvalue weighted by molar-refractivity contribution is 9.10. The molecule has 0 aliphatic heterocycles. The van der Waals surface area contributed by atoms with Crippen LogP contribution in [0.2, 0.25) is 5.02 Å². The van der Waals surface area contributed by atoms with Crippen molar-refractivity contribution >= 4 is 54.8 Å². The predicted octanol–water partition coefficient (Wildman–Crippen LogP) is 5.24. The lowest BCUT2D eigenvalue weighted by Gasteiger charge is -2.26. The highest BCUT2D eigenvalue weighted by Crippen LogP contribution is 2.30. The van der Waals surface area contributed by atoms with Gasteiger partial charge in [-0.25, -0.2) is 8.42 Å². The number of carbonyl (C=O) groups is 1. The molecule has 1 N–H and O–H groups in total. The normalized spacial score (nSPS) is 11.1. The third kappa shape index (κ3) is 4.98. The Morgan fingerprint density at radius 2 is 1.69 bits per heavy atom. The second kappa shape index (κ2) is 8.98. The summed E-state index contributed by atoms with van der Waals surface area (Å²) in [7, 11) is -3.99. The molecule has 8 heteroatoms. The lowest BCUT2D eigenvalue weighted by molar-refractivity contribution is -0.114. The van der Waals surface area contributed by atoms with Crippen molar-refractivity contribution in [3.63, 3.8) is 0 Å². The largest absolute Gasteiger partial charge is 0.323 e. The first-order valence-electron chi connectivity index (χ1n) is 8.67. The van der Waals surface area contributed by atoms with E-state index in [2.05, 4.69) is 21.2 Å². The van der Waals surface area contributed by atoms with Gasteiger partial charge in [-0.1, -0.05) is 48.0 Å². The average molecular weight is 494 g/mol. The molecule has 0 radical (unpaired) electrons. The molecule has 0 saturated carbocycles. The molecule has 0 saturated heterocycles. The Morgan fingerprint density at radius 3 is 2.38 bits per heavy atom. The van der Waals surface area contributed by atoms with Crippen LogP contribution in [0.25, 0.3) is 0 Å². The van der Waals surface area contributed by atoms with Crippen molar-refractivity contribution in [1.29, 1.82) is 0 Å². The lowest BCUT2D eigenvalue weighted by atomic mass is 10.2. The Bertz CT molecular complexity index is 1140. The number of nitrogens with zero attached hydrogens (tertiary/aromatic N) is 1. The van der Waals surface area contributed by atoms with Crippen molar-refractivity contribution in [1.82, 2.24) is 0 Å². The fourth-order valence-corrected chi connectivity index (χ4v) is 4.80. The molecule has 0 atom stereocenters. The number of hydrogen-bond donors (Lipinski definition) is 1. The first-order chi connectivity index (χ1) is 13.8. The molecule has 3 aromatic carbocycles. The Morgan fingerprint density at radius 1 is 1.03 bits per heavy atom. The number of hydrogen-bond acceptors (Lipinski definition) is 3. The second-order valence-electron chi connectivity index (χ2n) is 6.28. The van der Waals surface area contributed by atoms with Gasteiger partial charge in [0, 0.05) is 9.50 Å². The maximum atomic E-state index is 13.3. The second-order valence-corrected chi connectivity index (χ2v) is 9.44. The Balaban J connectivity index is 2.00. The van der Waals surface area contributed by atoms with E-state index >= 15 is 0 Å². The van der Waals surface area contributed by atoms with Crippen molar-refractivity contribution in [3.8, 4) is 0 Å². The first-order valence-corrected chi connectivity index (χ1v) is 11.3. The van der Waals surface area contributed by atoms with Gasteiger partial charge in [-0.3, -0.25) is 9.10 Å². The highest BCUT2D eigenvalue weighted by Gasteiger charge is 2.28. The quantitative estimate of drug-likeness (QED) is 0.510. The molecule has 0 unspecified atom stereocenters. The van der Waals surface area contributed by atoms with Crippen molar-refractivity contribution < 1.29 is 13.2 Å². The van der Waals surface area contributed by atoms with Gasteiger partial charge in [-0.05, 0) is 64.8 Å². The number of sulfonamides is 1. The SMILES string of the molecule is Cc1ccc(Cl)cc1N(CC(=O)Nc1ccccc1Br)S(=O)(=O)c1ccccc1. The molecular formula is C21H18BrClN2O3S. The van der Waals surface area contributed by atoms with Gasteiger partial charge in [0.25, 0.3) is 10.0 Å². The predicted molar refractivity (Wildman–Crippen MR) is 120 cm³/mol. The topological polar surface area (TPSA) is 66.5 Å². The zero-order valence-corrected chi connectivity index (χ0v) is 18.6. The number of para-hydroxylation sites is 1. The van der Waals surface area contributed by atoms with Crippen LogP contribution in [0.3, 0.4) is 0 Å². The number of benzene rings is 3. The van der Waals surface area contributed by atoms with E-state index < -0.39 is 22.5 Å². The van der Waals surface area contributed by atoms with Gasteiger partial charge in [-0.15, -0.1) is 0 Å². The van der Waals surface area contributed by atoms with E-state index in [-0.39, 0.29) is 4.90 Å². The maximum absolute atomic E-state index is 13.3. The summed E-state index contributed by atoms with van der Waals surface area (Å²) >= 11 is 9.49. The number of nitrogens with one attached hydrogen (secondary N) is 1. The zero-order valence-electron chi connectivity index (χ0n) is 15.5. The fraction of sp³-hybridized carbons (Fsp3) is 0.0952. The molecule has 0 aromatic heterocycles. The summed E-state index contributed by atoms with van der Waals surface area (Å²) in [6.07, 6.45) is 0. The van der Waals surface area contributed by atoms with Crippen LogP contribution in [0.5, 0.6) is 0 Å². The van der Waals surface area contributed by atoms with Gasteiger partial charge in [-0.2, -0.15) is 0 Å². The molecule has 3 aromatic rings. The molecule has 0 heterocycles. The first kappa shape index (κ1) is 21.4. The van der Waals surface area contributed by atoms with Gasteiger partial charge in [0.1, 0.15) is 6.54 Å². The van der Waals surface area contributed by atoms with Crippen LogP contribution >= 0.6 is 27.5 Å². The molecule has 150 valence electrons. The van der Waals surface area contributed by atoms with Gasteiger partial charge in [0.2, 0.25) is 5.91 Å². The number of rotatable bonds is 6. The third-order valence-electron chi connectivity index (χ3n) is 4.21. The Hall–Kier alpha value is -2.35. The van der Waals surface area contributed by atoms with Crippen molar-refractivity contribution in [2.45, 2.75) is 11.8 Å². The monoisotopic (exact) mass is 492 g/mol. The molecule has 5 nitrogen and oxygen atoms in total. The Kier molecular flexibility index (Phi) is 6.62. The van der Waals surface area contributed by atoms with E-state index in [1.807, 2.05) is 6.07 Å². The van der Waals surface area contributed by atoms with Crippen LogP contribution in [0.1, 0.15) is 5.56 Å². The Labute approximate surface area is 183 Å². The van der Waals surface area contributed by atoms with Gasteiger partial charge < -0.3 is 5.32 Å². The summed E-state index contributed by atoms with van der Waals surface area (Å²) < 4.78 is 28.5. The minimum Gasteiger partial charge on any atom is -0.323 e. The molecule has 0 aliphatic carbocycles. The van der Waals surface area contributed by atoms with Gasteiger partial charge in [0.05, 0.1) is 16.3 Å². The third-order valence-corrected chi connectivity index (χ3v) is 6.91. The zero-order chi connectivity index (χ0) is 21.0.